The standard InChI is InChI=1S/C3H6.C2F4.Li.H/c1-3-2;3-1(4)2(5)6;;/h3H,1H2,2H3;;;/q;;+1;-1. The van der Waals surface area contributed by atoms with Crippen LogP contribution in [0.1, 0.15) is 8.35 Å². The topological polar surface area (TPSA) is 0 Å². The van der Waals surface area contributed by atoms with Crippen LogP contribution in [0.5, 0.6) is 0 Å². The van der Waals surface area contributed by atoms with Gasteiger partial charge in [0.1, 0.15) is 0 Å². The minimum atomic E-state index is -2.91. The van der Waals surface area contributed by atoms with Crippen molar-refractivity contribution < 1.29 is 37.8 Å². The van der Waals surface area contributed by atoms with Crippen molar-refractivity contribution in [2.24, 2.45) is 0 Å². The predicted octanol–water partition coefficient (Wildman–Crippen LogP) is 0.300. The van der Waals surface area contributed by atoms with Gasteiger partial charge in [-0.2, -0.15) is 17.6 Å². The second kappa shape index (κ2) is 11.6. The zero-order chi connectivity index (χ0) is 7.86. The molecule has 0 fully saturated rings. The monoisotopic (exact) mass is 150 g/mol. The molecular formula is C5H7F4Li. The van der Waals surface area contributed by atoms with E-state index in [1.807, 2.05) is 6.92 Å². The maximum Gasteiger partial charge on any atom is 1.00 e. The summed E-state index contributed by atoms with van der Waals surface area (Å²) in [5, 5.41) is 0. The van der Waals surface area contributed by atoms with E-state index in [-0.39, 0.29) is 20.3 Å². The molecule has 0 spiro atoms. The Kier molecular flexibility index (Phi) is 19.0. The van der Waals surface area contributed by atoms with E-state index >= 15 is 0 Å². The van der Waals surface area contributed by atoms with Crippen LogP contribution in [0.4, 0.5) is 17.6 Å². The van der Waals surface area contributed by atoms with Gasteiger partial charge < -0.3 is 1.43 Å². The third-order valence-electron chi connectivity index (χ3n) is 0.143. The van der Waals surface area contributed by atoms with Crippen LogP contribution in [0.3, 0.4) is 0 Å². The Balaban J connectivity index is -0.0000000437. The summed E-state index contributed by atoms with van der Waals surface area (Å²) in [5.41, 5.74) is 0. The van der Waals surface area contributed by atoms with Gasteiger partial charge in [0.15, 0.2) is 0 Å². The molecule has 0 saturated carbocycles. The van der Waals surface area contributed by atoms with Gasteiger partial charge in [-0.3, -0.25) is 0 Å². The number of allylic oxidation sites excluding steroid dienone is 1. The van der Waals surface area contributed by atoms with Gasteiger partial charge in [0.2, 0.25) is 0 Å². The van der Waals surface area contributed by atoms with Gasteiger partial charge in [-0.25, -0.2) is 0 Å². The maximum absolute atomic E-state index is 10.3. The third-order valence-corrected chi connectivity index (χ3v) is 0.143. The molecular weight excluding hydrogens is 143 g/mol. The number of halogens is 4. The van der Waals surface area contributed by atoms with Crippen LogP contribution in [-0.4, -0.2) is 0 Å². The molecule has 0 amide bonds. The summed E-state index contributed by atoms with van der Waals surface area (Å²) in [6, 6.07) is 0. The first-order chi connectivity index (χ1) is 4.06. The molecule has 0 bridgehead atoms. The van der Waals surface area contributed by atoms with Gasteiger partial charge in [0, 0.05) is 0 Å². The summed E-state index contributed by atoms with van der Waals surface area (Å²) in [7, 11) is 0. The fraction of sp³-hybridized carbons (Fsp3) is 0.200. The van der Waals surface area contributed by atoms with Crippen LogP contribution in [0.15, 0.2) is 24.8 Å². The molecule has 56 valence electrons. The Morgan fingerprint density at radius 3 is 1.30 bits per heavy atom. The van der Waals surface area contributed by atoms with Gasteiger partial charge in [0.25, 0.3) is 0 Å². The van der Waals surface area contributed by atoms with E-state index in [1.54, 1.807) is 6.08 Å². The Morgan fingerprint density at radius 2 is 1.30 bits per heavy atom. The first-order valence-electron chi connectivity index (χ1n) is 1.99. The Bertz CT molecular complexity index is 97.1. The van der Waals surface area contributed by atoms with Gasteiger partial charge in [-0.1, -0.05) is 6.08 Å². The van der Waals surface area contributed by atoms with E-state index in [9.17, 15) is 17.6 Å². The van der Waals surface area contributed by atoms with Gasteiger partial charge in [0.05, 0.1) is 0 Å². The quantitative estimate of drug-likeness (QED) is 0.264. The molecule has 5 heteroatoms. The second-order valence-corrected chi connectivity index (χ2v) is 0.929. The minimum Gasteiger partial charge on any atom is -1.00 e. The van der Waals surface area contributed by atoms with Gasteiger partial charge in [-0.15, -0.1) is 6.58 Å². The molecule has 0 aromatic carbocycles. The van der Waals surface area contributed by atoms with Crippen LogP contribution in [0, 0.1) is 0 Å². The normalized spacial score (nSPS) is 6.10. The molecule has 0 N–H and O–H groups in total. The zero-order valence-corrected chi connectivity index (χ0v) is 5.80. The van der Waals surface area contributed by atoms with E-state index < -0.39 is 12.2 Å². The molecule has 0 atom stereocenters. The fourth-order valence-corrected chi connectivity index (χ4v) is 0. The van der Waals surface area contributed by atoms with Crippen LogP contribution < -0.4 is 18.9 Å². The number of hydrogen-bond acceptors (Lipinski definition) is 0. The molecule has 0 nitrogen and oxygen atoms in total. The predicted molar refractivity (Wildman–Crippen MR) is 28.4 cm³/mol. The summed E-state index contributed by atoms with van der Waals surface area (Å²) in [6.07, 6.45) is -4.06. The Morgan fingerprint density at radius 1 is 1.20 bits per heavy atom. The summed E-state index contributed by atoms with van der Waals surface area (Å²) >= 11 is 0. The molecule has 0 saturated heterocycles. The molecule has 0 heterocycles. The summed E-state index contributed by atoms with van der Waals surface area (Å²) < 4.78 is 41.1. The first kappa shape index (κ1) is 16.4. The van der Waals surface area contributed by atoms with Crippen molar-refractivity contribution in [1.82, 2.24) is 0 Å². The zero-order valence-electron chi connectivity index (χ0n) is 6.80. The molecule has 0 radical (unpaired) electrons. The van der Waals surface area contributed by atoms with Crippen molar-refractivity contribution in [2.75, 3.05) is 0 Å². The van der Waals surface area contributed by atoms with Crippen molar-refractivity contribution in [3.05, 3.63) is 24.8 Å². The van der Waals surface area contributed by atoms with Crippen LogP contribution in [0.25, 0.3) is 0 Å². The molecule has 0 rings (SSSR count). The van der Waals surface area contributed by atoms with E-state index in [4.69, 9.17) is 0 Å². The SMILES string of the molecule is C=CC.FC(F)=C(F)F.[H-].[Li+]. The summed E-state index contributed by atoms with van der Waals surface area (Å²) in [4.78, 5) is 0. The van der Waals surface area contributed by atoms with Gasteiger partial charge >= 0.3 is 31.0 Å². The molecule has 10 heavy (non-hydrogen) atoms. The smallest absolute Gasteiger partial charge is 1.00 e. The van der Waals surface area contributed by atoms with Crippen molar-refractivity contribution in [2.45, 2.75) is 6.92 Å². The van der Waals surface area contributed by atoms with Crippen molar-refractivity contribution in [3.8, 4) is 0 Å². The molecule has 0 aliphatic rings. The van der Waals surface area contributed by atoms with E-state index in [1.165, 1.54) is 0 Å². The van der Waals surface area contributed by atoms with E-state index in [0.717, 1.165) is 0 Å². The summed E-state index contributed by atoms with van der Waals surface area (Å²) in [6.45, 7) is 5.25. The van der Waals surface area contributed by atoms with Gasteiger partial charge in [-0.05, 0) is 6.92 Å². The number of hydrogen-bond donors (Lipinski definition) is 0. The molecule has 0 aromatic rings. The van der Waals surface area contributed by atoms with Crippen molar-refractivity contribution in [1.29, 1.82) is 0 Å². The first-order valence-corrected chi connectivity index (χ1v) is 1.99. The van der Waals surface area contributed by atoms with Crippen LogP contribution in [-0.2, 0) is 0 Å². The van der Waals surface area contributed by atoms with Crippen LogP contribution in [0.2, 0.25) is 0 Å². The second-order valence-electron chi connectivity index (χ2n) is 0.929. The summed E-state index contributed by atoms with van der Waals surface area (Å²) in [5.74, 6) is 0. The average molecular weight is 150 g/mol. The molecule has 0 aromatic heterocycles. The van der Waals surface area contributed by atoms with Crippen molar-refractivity contribution in [3.63, 3.8) is 0 Å². The minimum absolute atomic E-state index is 0. The molecule has 0 aliphatic carbocycles. The Labute approximate surface area is 70.3 Å². The van der Waals surface area contributed by atoms with Crippen molar-refractivity contribution >= 4 is 0 Å². The third kappa shape index (κ3) is 25.0. The molecule has 0 aliphatic heterocycles. The Hall–Kier alpha value is -0.203. The van der Waals surface area contributed by atoms with E-state index in [0.29, 0.717) is 0 Å². The van der Waals surface area contributed by atoms with Crippen LogP contribution >= 0.6 is 0 Å². The number of rotatable bonds is 0. The fourth-order valence-electron chi connectivity index (χ4n) is 0. The largest absolute Gasteiger partial charge is 1.00 e. The maximum atomic E-state index is 10.3. The van der Waals surface area contributed by atoms with E-state index in [2.05, 4.69) is 6.58 Å². The molecule has 0 unspecified atom stereocenters. The average Bonchev–Trinajstić information content (AvgIpc) is 1.68.